The molecule has 3 nitrogen and oxygen atoms in total. The Labute approximate surface area is 122 Å². The van der Waals surface area contributed by atoms with Crippen LogP contribution in [0.2, 0.25) is 0 Å². The third-order valence-corrected chi connectivity index (χ3v) is 3.82. The van der Waals surface area contributed by atoms with Crippen molar-refractivity contribution in [2.24, 2.45) is 0 Å². The van der Waals surface area contributed by atoms with Crippen molar-refractivity contribution in [1.82, 2.24) is 4.68 Å². The Balaban J connectivity index is 2.33. The summed E-state index contributed by atoms with van der Waals surface area (Å²) in [5.74, 6) is 0.324. The summed E-state index contributed by atoms with van der Waals surface area (Å²) in [4.78, 5) is 0. The molecule has 1 aromatic heterocycles. The van der Waals surface area contributed by atoms with Crippen molar-refractivity contribution in [3.05, 3.63) is 51.8 Å². The van der Waals surface area contributed by atoms with Gasteiger partial charge in [0.25, 0.3) is 0 Å². The molecule has 2 aromatic rings. The molecule has 102 valence electrons. The standard InChI is InChI=1S/C15H19BrN2O/c1-4-14(13-9-12(16)7-8-15(13)19)17-18-10(2)5-6-11(18)3/h5-9,14,17,19H,4H2,1-3H3. The van der Waals surface area contributed by atoms with Crippen molar-refractivity contribution in [1.29, 1.82) is 0 Å². The van der Waals surface area contributed by atoms with Crippen LogP contribution < -0.4 is 5.43 Å². The molecule has 1 aromatic carbocycles. The maximum Gasteiger partial charge on any atom is 0.120 e. The minimum absolute atomic E-state index is 0.0716. The van der Waals surface area contributed by atoms with E-state index >= 15 is 0 Å². The molecular weight excluding hydrogens is 304 g/mol. The highest BCUT2D eigenvalue weighted by Gasteiger charge is 2.15. The number of aryl methyl sites for hydroxylation is 2. The van der Waals surface area contributed by atoms with E-state index < -0.39 is 0 Å². The molecule has 0 aliphatic carbocycles. The largest absolute Gasteiger partial charge is 0.508 e. The molecule has 0 aliphatic heterocycles. The van der Waals surface area contributed by atoms with Crippen LogP contribution in [0.4, 0.5) is 0 Å². The molecule has 19 heavy (non-hydrogen) atoms. The van der Waals surface area contributed by atoms with Crippen molar-refractivity contribution in [3.63, 3.8) is 0 Å². The van der Waals surface area contributed by atoms with Gasteiger partial charge in [-0.3, -0.25) is 4.68 Å². The van der Waals surface area contributed by atoms with Gasteiger partial charge >= 0.3 is 0 Å². The quantitative estimate of drug-likeness (QED) is 0.882. The number of nitrogens with one attached hydrogen (secondary N) is 1. The first kappa shape index (κ1) is 14.0. The van der Waals surface area contributed by atoms with Crippen LogP contribution in [0.15, 0.2) is 34.8 Å². The number of rotatable bonds is 4. The van der Waals surface area contributed by atoms with Crippen LogP contribution in [0.5, 0.6) is 5.75 Å². The predicted octanol–water partition coefficient (Wildman–Crippen LogP) is 4.27. The van der Waals surface area contributed by atoms with Crippen molar-refractivity contribution < 1.29 is 5.11 Å². The van der Waals surface area contributed by atoms with Crippen LogP contribution in [-0.2, 0) is 0 Å². The number of nitrogens with zero attached hydrogens (tertiary/aromatic N) is 1. The molecular formula is C15H19BrN2O. The second-order valence-electron chi connectivity index (χ2n) is 4.74. The van der Waals surface area contributed by atoms with E-state index in [0.29, 0.717) is 5.75 Å². The minimum Gasteiger partial charge on any atom is -0.508 e. The first-order valence-corrected chi connectivity index (χ1v) is 7.22. The highest BCUT2D eigenvalue weighted by atomic mass is 79.9. The second-order valence-corrected chi connectivity index (χ2v) is 5.66. The second kappa shape index (κ2) is 5.70. The number of benzene rings is 1. The van der Waals surface area contributed by atoms with Gasteiger partial charge < -0.3 is 10.5 Å². The number of hydrogen-bond donors (Lipinski definition) is 2. The van der Waals surface area contributed by atoms with Crippen LogP contribution in [0, 0.1) is 13.8 Å². The van der Waals surface area contributed by atoms with E-state index in [-0.39, 0.29) is 6.04 Å². The Hall–Kier alpha value is -1.42. The Kier molecular flexibility index (Phi) is 4.20. The number of hydrogen-bond acceptors (Lipinski definition) is 2. The van der Waals surface area contributed by atoms with Gasteiger partial charge in [0.2, 0.25) is 0 Å². The summed E-state index contributed by atoms with van der Waals surface area (Å²) in [7, 11) is 0. The lowest BCUT2D eigenvalue weighted by atomic mass is 10.0. The third kappa shape index (κ3) is 2.95. The maximum absolute atomic E-state index is 10.0. The Morgan fingerprint density at radius 2 is 1.84 bits per heavy atom. The van der Waals surface area contributed by atoms with Crippen LogP contribution >= 0.6 is 15.9 Å². The average molecular weight is 323 g/mol. The van der Waals surface area contributed by atoms with E-state index in [1.165, 1.54) is 0 Å². The molecule has 0 amide bonds. The molecule has 0 saturated heterocycles. The van der Waals surface area contributed by atoms with Crippen LogP contribution in [0.25, 0.3) is 0 Å². The Morgan fingerprint density at radius 3 is 2.42 bits per heavy atom. The number of halogens is 1. The van der Waals surface area contributed by atoms with Gasteiger partial charge in [0.1, 0.15) is 5.75 Å². The molecule has 1 unspecified atom stereocenters. The normalized spacial score (nSPS) is 12.4. The number of phenolic OH excluding ortho intramolecular Hbond substituents is 1. The van der Waals surface area contributed by atoms with Gasteiger partial charge in [0.15, 0.2) is 0 Å². The Bertz CT molecular complexity index is 558. The fourth-order valence-corrected chi connectivity index (χ4v) is 2.59. The van der Waals surface area contributed by atoms with Crippen LogP contribution in [0.1, 0.15) is 36.3 Å². The van der Waals surface area contributed by atoms with Gasteiger partial charge in [-0.25, -0.2) is 0 Å². The molecule has 0 spiro atoms. The van der Waals surface area contributed by atoms with Crippen LogP contribution in [-0.4, -0.2) is 9.78 Å². The zero-order chi connectivity index (χ0) is 14.0. The van der Waals surface area contributed by atoms with Crippen LogP contribution in [0.3, 0.4) is 0 Å². The van der Waals surface area contributed by atoms with Gasteiger partial charge in [-0.05, 0) is 50.6 Å². The number of phenols is 1. The lowest BCUT2D eigenvalue weighted by Gasteiger charge is -2.23. The molecule has 0 fully saturated rings. The molecule has 1 heterocycles. The summed E-state index contributed by atoms with van der Waals surface area (Å²) in [6.07, 6.45) is 0.890. The fraction of sp³-hybridized carbons (Fsp3) is 0.333. The molecule has 4 heteroatoms. The highest BCUT2D eigenvalue weighted by molar-refractivity contribution is 9.10. The van der Waals surface area contributed by atoms with E-state index in [2.05, 4.69) is 58.9 Å². The van der Waals surface area contributed by atoms with E-state index in [0.717, 1.165) is 27.8 Å². The topological polar surface area (TPSA) is 37.2 Å². The van der Waals surface area contributed by atoms with Crippen molar-refractivity contribution >= 4 is 15.9 Å². The molecule has 0 aliphatic rings. The number of aromatic hydroxyl groups is 1. The summed E-state index contributed by atoms with van der Waals surface area (Å²) in [5.41, 5.74) is 6.69. The van der Waals surface area contributed by atoms with Crippen molar-refractivity contribution in [2.75, 3.05) is 5.43 Å². The van der Waals surface area contributed by atoms with Gasteiger partial charge in [0, 0.05) is 21.4 Å². The van der Waals surface area contributed by atoms with Crippen molar-refractivity contribution in [3.8, 4) is 5.75 Å². The number of aromatic nitrogens is 1. The molecule has 2 N–H and O–H groups in total. The smallest absolute Gasteiger partial charge is 0.120 e. The summed E-state index contributed by atoms with van der Waals surface area (Å²) < 4.78 is 3.04. The minimum atomic E-state index is 0.0716. The zero-order valence-electron chi connectivity index (χ0n) is 11.4. The van der Waals surface area contributed by atoms with Crippen molar-refractivity contribution in [2.45, 2.75) is 33.2 Å². The monoisotopic (exact) mass is 322 g/mol. The Morgan fingerprint density at radius 1 is 1.21 bits per heavy atom. The highest BCUT2D eigenvalue weighted by Crippen LogP contribution is 2.30. The first-order valence-electron chi connectivity index (χ1n) is 6.42. The zero-order valence-corrected chi connectivity index (χ0v) is 13.0. The van der Waals surface area contributed by atoms with E-state index in [1.54, 1.807) is 6.07 Å². The average Bonchev–Trinajstić information content (AvgIpc) is 2.70. The SMILES string of the molecule is CCC(Nn1c(C)ccc1C)c1cc(Br)ccc1O. The lowest BCUT2D eigenvalue weighted by molar-refractivity contribution is 0.459. The van der Waals surface area contributed by atoms with E-state index in [4.69, 9.17) is 0 Å². The lowest BCUT2D eigenvalue weighted by Crippen LogP contribution is -2.22. The molecule has 0 radical (unpaired) electrons. The van der Waals surface area contributed by atoms with Gasteiger partial charge in [-0.1, -0.05) is 22.9 Å². The summed E-state index contributed by atoms with van der Waals surface area (Å²) in [5, 5.41) is 10.0. The first-order chi connectivity index (χ1) is 9.02. The predicted molar refractivity (Wildman–Crippen MR) is 82.1 cm³/mol. The van der Waals surface area contributed by atoms with Gasteiger partial charge in [-0.15, -0.1) is 0 Å². The molecule has 1 atom stereocenters. The molecule has 0 bridgehead atoms. The summed E-state index contributed by atoms with van der Waals surface area (Å²) in [6, 6.07) is 9.76. The summed E-state index contributed by atoms with van der Waals surface area (Å²) in [6.45, 7) is 6.23. The molecule has 0 saturated carbocycles. The fourth-order valence-electron chi connectivity index (χ4n) is 2.21. The van der Waals surface area contributed by atoms with E-state index in [9.17, 15) is 5.11 Å². The summed E-state index contributed by atoms with van der Waals surface area (Å²) >= 11 is 3.45. The molecule has 2 rings (SSSR count). The van der Waals surface area contributed by atoms with Gasteiger partial charge in [-0.2, -0.15) is 0 Å². The van der Waals surface area contributed by atoms with E-state index in [1.807, 2.05) is 12.1 Å². The maximum atomic E-state index is 10.0. The third-order valence-electron chi connectivity index (χ3n) is 3.33. The van der Waals surface area contributed by atoms with Gasteiger partial charge in [0.05, 0.1) is 6.04 Å².